The first-order valence-corrected chi connectivity index (χ1v) is 6.58. The SMILES string of the molecule is CC1NCCCC1N1CCSCC1. The molecular weight excluding hydrogens is 180 g/mol. The Morgan fingerprint density at radius 3 is 2.77 bits per heavy atom. The molecule has 0 saturated carbocycles. The highest BCUT2D eigenvalue weighted by Crippen LogP contribution is 2.19. The van der Waals surface area contributed by atoms with Crippen molar-refractivity contribution in [2.24, 2.45) is 0 Å². The van der Waals surface area contributed by atoms with Gasteiger partial charge >= 0.3 is 0 Å². The average Bonchev–Trinajstić information content (AvgIpc) is 2.20. The maximum Gasteiger partial charge on any atom is 0.0247 e. The van der Waals surface area contributed by atoms with Gasteiger partial charge in [0.05, 0.1) is 0 Å². The lowest BCUT2D eigenvalue weighted by Crippen LogP contribution is -2.54. The molecule has 0 bridgehead atoms. The summed E-state index contributed by atoms with van der Waals surface area (Å²) in [5.41, 5.74) is 0. The first-order chi connectivity index (χ1) is 6.38. The van der Waals surface area contributed by atoms with E-state index < -0.39 is 0 Å². The van der Waals surface area contributed by atoms with Crippen LogP contribution in [-0.2, 0) is 0 Å². The van der Waals surface area contributed by atoms with Crippen LogP contribution in [0.2, 0.25) is 0 Å². The summed E-state index contributed by atoms with van der Waals surface area (Å²) in [6.45, 7) is 6.18. The summed E-state index contributed by atoms with van der Waals surface area (Å²) in [4.78, 5) is 2.69. The molecule has 1 N–H and O–H groups in total. The first kappa shape index (κ1) is 9.81. The lowest BCUT2D eigenvalue weighted by molar-refractivity contribution is 0.146. The van der Waals surface area contributed by atoms with E-state index in [4.69, 9.17) is 0 Å². The van der Waals surface area contributed by atoms with Crippen LogP contribution in [0.1, 0.15) is 19.8 Å². The maximum atomic E-state index is 3.58. The summed E-state index contributed by atoms with van der Waals surface area (Å²) in [5.74, 6) is 2.67. The number of hydrogen-bond acceptors (Lipinski definition) is 3. The lowest BCUT2D eigenvalue weighted by Gasteiger charge is -2.40. The van der Waals surface area contributed by atoms with E-state index in [9.17, 15) is 0 Å². The highest BCUT2D eigenvalue weighted by molar-refractivity contribution is 7.99. The fraction of sp³-hybridized carbons (Fsp3) is 1.00. The van der Waals surface area contributed by atoms with Crippen LogP contribution in [0.5, 0.6) is 0 Å². The van der Waals surface area contributed by atoms with Crippen LogP contribution >= 0.6 is 11.8 Å². The van der Waals surface area contributed by atoms with Crippen LogP contribution in [0.3, 0.4) is 0 Å². The smallest absolute Gasteiger partial charge is 0.0247 e. The third-order valence-electron chi connectivity index (χ3n) is 3.23. The number of thioether (sulfide) groups is 1. The Kier molecular flexibility index (Phi) is 3.52. The molecule has 0 radical (unpaired) electrons. The van der Waals surface area contributed by atoms with Crippen LogP contribution in [-0.4, -0.2) is 48.1 Å². The van der Waals surface area contributed by atoms with Crippen molar-refractivity contribution in [2.75, 3.05) is 31.1 Å². The van der Waals surface area contributed by atoms with Gasteiger partial charge in [0.15, 0.2) is 0 Å². The zero-order chi connectivity index (χ0) is 9.10. The number of nitrogens with one attached hydrogen (secondary N) is 1. The average molecular weight is 200 g/mol. The maximum absolute atomic E-state index is 3.58. The predicted octanol–water partition coefficient (Wildman–Crippen LogP) is 1.18. The zero-order valence-electron chi connectivity index (χ0n) is 8.46. The molecule has 3 heteroatoms. The third kappa shape index (κ3) is 2.39. The van der Waals surface area contributed by atoms with Crippen molar-refractivity contribution < 1.29 is 0 Å². The summed E-state index contributed by atoms with van der Waals surface area (Å²) in [7, 11) is 0. The number of rotatable bonds is 1. The highest BCUT2D eigenvalue weighted by atomic mass is 32.2. The molecule has 0 amide bonds. The van der Waals surface area contributed by atoms with E-state index in [0.29, 0.717) is 6.04 Å². The van der Waals surface area contributed by atoms with Crippen LogP contribution in [0.4, 0.5) is 0 Å². The minimum atomic E-state index is 0.705. The minimum Gasteiger partial charge on any atom is -0.313 e. The molecule has 0 aliphatic carbocycles. The second kappa shape index (κ2) is 4.67. The molecule has 2 nitrogen and oxygen atoms in total. The van der Waals surface area contributed by atoms with Crippen LogP contribution in [0, 0.1) is 0 Å². The normalized spacial score (nSPS) is 37.6. The molecule has 2 atom stereocenters. The van der Waals surface area contributed by atoms with Crippen molar-refractivity contribution in [3.63, 3.8) is 0 Å². The minimum absolute atomic E-state index is 0.705. The number of nitrogens with zero attached hydrogens (tertiary/aromatic N) is 1. The largest absolute Gasteiger partial charge is 0.313 e. The van der Waals surface area contributed by atoms with E-state index in [0.717, 1.165) is 6.04 Å². The van der Waals surface area contributed by atoms with Crippen molar-refractivity contribution in [2.45, 2.75) is 31.8 Å². The molecule has 2 aliphatic heterocycles. The zero-order valence-corrected chi connectivity index (χ0v) is 9.28. The fourth-order valence-corrected chi connectivity index (χ4v) is 3.37. The Morgan fingerprint density at radius 2 is 2.08 bits per heavy atom. The second-order valence-corrected chi connectivity index (χ2v) is 5.33. The van der Waals surface area contributed by atoms with Gasteiger partial charge in [-0.25, -0.2) is 0 Å². The molecule has 0 aromatic heterocycles. The topological polar surface area (TPSA) is 15.3 Å². The van der Waals surface area contributed by atoms with Crippen molar-refractivity contribution in [1.82, 2.24) is 10.2 Å². The monoisotopic (exact) mass is 200 g/mol. The van der Waals surface area contributed by atoms with Gasteiger partial charge in [-0.15, -0.1) is 0 Å². The second-order valence-electron chi connectivity index (χ2n) is 4.10. The Bertz CT molecular complexity index is 157. The summed E-state index contributed by atoms with van der Waals surface area (Å²) in [6, 6.07) is 1.52. The van der Waals surface area contributed by atoms with Gasteiger partial charge in [-0.05, 0) is 26.3 Å². The molecular formula is C10H20N2S. The molecule has 2 aliphatic rings. The molecule has 2 saturated heterocycles. The Labute approximate surface area is 85.4 Å². The van der Waals surface area contributed by atoms with Crippen LogP contribution in [0.25, 0.3) is 0 Å². The predicted molar refractivity (Wildman–Crippen MR) is 59.4 cm³/mol. The molecule has 0 aromatic rings. The van der Waals surface area contributed by atoms with Gasteiger partial charge in [0.25, 0.3) is 0 Å². The van der Waals surface area contributed by atoms with Gasteiger partial charge in [-0.1, -0.05) is 0 Å². The van der Waals surface area contributed by atoms with Crippen molar-refractivity contribution in [3.05, 3.63) is 0 Å². The van der Waals surface area contributed by atoms with E-state index in [2.05, 4.69) is 28.9 Å². The van der Waals surface area contributed by atoms with Gasteiger partial charge in [0.1, 0.15) is 0 Å². The highest BCUT2D eigenvalue weighted by Gasteiger charge is 2.27. The van der Waals surface area contributed by atoms with Crippen molar-refractivity contribution in [1.29, 1.82) is 0 Å². The van der Waals surface area contributed by atoms with Gasteiger partial charge < -0.3 is 5.32 Å². The molecule has 2 rings (SSSR count). The van der Waals surface area contributed by atoms with E-state index in [1.165, 1.54) is 44.0 Å². The molecule has 76 valence electrons. The van der Waals surface area contributed by atoms with Crippen molar-refractivity contribution >= 4 is 11.8 Å². The summed E-state index contributed by atoms with van der Waals surface area (Å²) in [6.07, 6.45) is 2.76. The summed E-state index contributed by atoms with van der Waals surface area (Å²) in [5, 5.41) is 3.58. The number of hydrogen-bond donors (Lipinski definition) is 1. The van der Waals surface area contributed by atoms with Gasteiger partial charge in [-0.3, -0.25) is 4.90 Å². The van der Waals surface area contributed by atoms with E-state index in [1.54, 1.807) is 0 Å². The molecule has 2 heterocycles. The van der Waals surface area contributed by atoms with Gasteiger partial charge in [0.2, 0.25) is 0 Å². The Balaban J connectivity index is 1.88. The molecule has 13 heavy (non-hydrogen) atoms. The Morgan fingerprint density at radius 1 is 1.31 bits per heavy atom. The molecule has 2 fully saturated rings. The first-order valence-electron chi connectivity index (χ1n) is 5.43. The van der Waals surface area contributed by atoms with E-state index in [-0.39, 0.29) is 0 Å². The summed E-state index contributed by atoms with van der Waals surface area (Å²) < 4.78 is 0. The fourth-order valence-electron chi connectivity index (χ4n) is 2.43. The van der Waals surface area contributed by atoms with Gasteiger partial charge in [0, 0.05) is 36.7 Å². The standard InChI is InChI=1S/C10H20N2S/c1-9-10(3-2-4-11-9)12-5-7-13-8-6-12/h9-11H,2-8H2,1H3. The lowest BCUT2D eigenvalue weighted by atomic mass is 9.98. The van der Waals surface area contributed by atoms with Crippen LogP contribution < -0.4 is 5.32 Å². The van der Waals surface area contributed by atoms with Crippen LogP contribution in [0.15, 0.2) is 0 Å². The number of piperidine rings is 1. The van der Waals surface area contributed by atoms with E-state index >= 15 is 0 Å². The molecule has 0 aromatic carbocycles. The van der Waals surface area contributed by atoms with E-state index in [1.807, 2.05) is 0 Å². The summed E-state index contributed by atoms with van der Waals surface area (Å²) >= 11 is 2.10. The third-order valence-corrected chi connectivity index (χ3v) is 4.18. The molecule has 2 unspecified atom stereocenters. The Hall–Kier alpha value is 0.270. The molecule has 0 spiro atoms. The van der Waals surface area contributed by atoms with Crippen molar-refractivity contribution in [3.8, 4) is 0 Å². The quantitative estimate of drug-likeness (QED) is 0.684. The van der Waals surface area contributed by atoms with Gasteiger partial charge in [-0.2, -0.15) is 11.8 Å².